The van der Waals surface area contributed by atoms with Crippen LogP contribution in [0.5, 0.6) is 0 Å². The molecule has 6 rings (SSSR count). The zero-order valence-electron chi connectivity index (χ0n) is 23.4. The lowest BCUT2D eigenvalue weighted by atomic mass is 9.87. The topological polar surface area (TPSA) is 175 Å². The number of hydrogen-bond acceptors (Lipinski definition) is 11. The van der Waals surface area contributed by atoms with Gasteiger partial charge in [-0.2, -0.15) is 0 Å². The molecule has 1 saturated heterocycles. The maximum atomic E-state index is 14.0. The highest BCUT2D eigenvalue weighted by Crippen LogP contribution is 2.54. The Morgan fingerprint density at radius 2 is 1.71 bits per heavy atom. The van der Waals surface area contributed by atoms with E-state index in [9.17, 15) is 32.4 Å². The quantitative estimate of drug-likeness (QED) is 0.209. The molecule has 2 aromatic carbocycles. The first-order chi connectivity index (χ1) is 21.5. The van der Waals surface area contributed by atoms with Crippen molar-refractivity contribution in [2.75, 3.05) is 16.8 Å². The van der Waals surface area contributed by atoms with Crippen molar-refractivity contribution in [1.29, 1.82) is 0 Å². The van der Waals surface area contributed by atoms with Crippen molar-refractivity contribution in [2.45, 2.75) is 34.6 Å². The molecule has 3 atom stereocenters. The number of aromatic nitrogens is 1. The van der Waals surface area contributed by atoms with Crippen LogP contribution < -0.4 is 20.2 Å². The largest absolute Gasteiger partial charge is 0.462 e. The summed E-state index contributed by atoms with van der Waals surface area (Å²) in [6, 6.07) is 15.0. The number of thioether (sulfide) groups is 1. The van der Waals surface area contributed by atoms with Crippen molar-refractivity contribution in [1.82, 2.24) is 4.57 Å². The van der Waals surface area contributed by atoms with E-state index in [4.69, 9.17) is 9.88 Å². The maximum absolute atomic E-state index is 14.0. The van der Waals surface area contributed by atoms with Crippen molar-refractivity contribution in [2.24, 2.45) is 11.1 Å². The summed E-state index contributed by atoms with van der Waals surface area (Å²) in [5.41, 5.74) is 0.897. The van der Waals surface area contributed by atoms with Gasteiger partial charge in [0.15, 0.2) is 0 Å². The number of amides is 3. The number of nitrogens with two attached hydrogens (primary N) is 1. The number of imide groups is 1. The number of rotatable bonds is 8. The highest BCUT2D eigenvalue weighted by Gasteiger charge is 2.57. The minimum atomic E-state index is -3.91. The van der Waals surface area contributed by atoms with Crippen molar-refractivity contribution < 1.29 is 32.3 Å². The van der Waals surface area contributed by atoms with Crippen molar-refractivity contribution in [3.63, 3.8) is 0 Å². The summed E-state index contributed by atoms with van der Waals surface area (Å²) in [4.78, 5) is 68.2. The van der Waals surface area contributed by atoms with Gasteiger partial charge in [0.05, 0.1) is 33.7 Å². The predicted octanol–water partition coefficient (Wildman–Crippen LogP) is 3.23. The fourth-order valence-corrected chi connectivity index (χ4v) is 9.55. The number of anilines is 2. The monoisotopic (exact) mass is 684 g/mol. The van der Waals surface area contributed by atoms with E-state index in [-0.39, 0.29) is 23.6 Å². The Kier molecular flexibility index (Phi) is 8.26. The standard InChI is InChI=1S/C29H24N4O8S4/c1-2-41-28(37)15-5-9-17(10-6-15)33-25(35)22-21(19-4-3-13-42-19)24-27(43-23(22)26(33)36)32(29(38)44-24)14-20(34)31-16-7-11-18(12-8-16)45(30,39)40/h3-13,21-23H,2,14H2,1H3,(H,31,34)(H2,30,39,40)/t21-,22-,23+/m0/s1. The first-order valence-corrected chi connectivity index (χ1v) is 17.6. The Bertz CT molecular complexity index is 1980. The number of hydrogen-bond donors (Lipinski definition) is 2. The third-order valence-electron chi connectivity index (χ3n) is 7.30. The lowest BCUT2D eigenvalue weighted by molar-refractivity contribution is -0.122. The molecule has 16 heteroatoms. The molecule has 3 N–H and O–H groups in total. The van der Waals surface area contributed by atoms with E-state index >= 15 is 0 Å². The van der Waals surface area contributed by atoms with E-state index in [1.54, 1.807) is 6.92 Å². The number of thiophene rings is 1. The fourth-order valence-electron chi connectivity index (χ4n) is 5.32. The molecule has 232 valence electrons. The molecular weight excluding hydrogens is 661 g/mol. The number of carbonyl (C=O) groups excluding carboxylic acids is 4. The number of ether oxygens (including phenoxy) is 1. The van der Waals surface area contributed by atoms with E-state index < -0.39 is 55.7 Å². The van der Waals surface area contributed by atoms with Crippen LogP contribution in [0.25, 0.3) is 0 Å². The van der Waals surface area contributed by atoms with Crippen molar-refractivity contribution >= 4 is 79.5 Å². The highest BCUT2D eigenvalue weighted by molar-refractivity contribution is 8.00. The van der Waals surface area contributed by atoms with Crippen LogP contribution in [0.3, 0.4) is 0 Å². The fraction of sp³-hybridized carbons (Fsp3) is 0.207. The molecule has 4 heterocycles. The molecule has 0 saturated carbocycles. The number of nitrogens with zero attached hydrogens (tertiary/aromatic N) is 2. The van der Waals surface area contributed by atoms with Gasteiger partial charge in [-0.25, -0.2) is 23.3 Å². The average molecular weight is 685 g/mol. The molecular formula is C29H24N4O8S4. The molecule has 2 aliphatic rings. The van der Waals surface area contributed by atoms with Gasteiger partial charge in [0.25, 0.3) is 0 Å². The zero-order valence-corrected chi connectivity index (χ0v) is 26.6. The molecule has 12 nitrogen and oxygen atoms in total. The van der Waals surface area contributed by atoms with Gasteiger partial charge in [-0.15, -0.1) is 11.3 Å². The first kappa shape index (κ1) is 30.9. The number of primary sulfonamides is 1. The maximum Gasteiger partial charge on any atom is 0.338 e. The van der Waals surface area contributed by atoms with Gasteiger partial charge in [0.2, 0.25) is 27.7 Å². The summed E-state index contributed by atoms with van der Waals surface area (Å²) >= 11 is 3.43. The first-order valence-electron chi connectivity index (χ1n) is 13.5. The molecule has 0 radical (unpaired) electrons. The van der Waals surface area contributed by atoms with Gasteiger partial charge in [-0.3, -0.25) is 23.7 Å². The lowest BCUT2D eigenvalue weighted by Crippen LogP contribution is -2.32. The van der Waals surface area contributed by atoms with Gasteiger partial charge in [0, 0.05) is 21.4 Å². The number of thiazole rings is 1. The molecule has 0 aliphatic carbocycles. The Morgan fingerprint density at radius 3 is 2.33 bits per heavy atom. The Labute approximate surface area is 268 Å². The third-order valence-corrected chi connectivity index (χ3v) is 11.8. The summed E-state index contributed by atoms with van der Waals surface area (Å²) in [5.74, 6) is -3.32. The molecule has 2 aliphatic heterocycles. The van der Waals surface area contributed by atoms with Crippen molar-refractivity contribution in [3.05, 3.63) is 91.0 Å². The molecule has 2 aromatic heterocycles. The Hall–Kier alpha value is -4.09. The van der Waals surface area contributed by atoms with Gasteiger partial charge >= 0.3 is 10.8 Å². The molecule has 45 heavy (non-hydrogen) atoms. The van der Waals surface area contributed by atoms with Gasteiger partial charge < -0.3 is 10.1 Å². The zero-order chi connectivity index (χ0) is 32.0. The van der Waals surface area contributed by atoms with Crippen molar-refractivity contribution in [3.8, 4) is 0 Å². The lowest BCUT2D eigenvalue weighted by Gasteiger charge is -2.29. The number of fused-ring (bicyclic) bond motifs is 2. The van der Waals surface area contributed by atoms with Crippen LogP contribution in [0.1, 0.15) is 33.0 Å². The van der Waals surface area contributed by atoms with Crippen LogP contribution in [-0.2, 0) is 35.7 Å². The predicted molar refractivity (Wildman–Crippen MR) is 169 cm³/mol. The van der Waals surface area contributed by atoms with Gasteiger partial charge in [0.1, 0.15) is 11.8 Å². The number of sulfonamides is 1. The highest BCUT2D eigenvalue weighted by atomic mass is 32.2. The SMILES string of the molecule is CCOC(=O)c1ccc(N2C(=O)[C@H]3[C@H](c4cccs4)c4sc(=O)n(CC(=O)Nc5ccc(S(N)(=O)=O)cc5)c4S[C@H]3C2=O)cc1. The summed E-state index contributed by atoms with van der Waals surface area (Å²) in [7, 11) is -3.91. The average Bonchev–Trinajstić information content (AvgIpc) is 3.70. The van der Waals surface area contributed by atoms with Crippen LogP contribution in [0.2, 0.25) is 0 Å². The van der Waals surface area contributed by atoms with E-state index in [0.29, 0.717) is 21.3 Å². The van der Waals surface area contributed by atoms with E-state index in [0.717, 1.165) is 32.9 Å². The smallest absolute Gasteiger partial charge is 0.338 e. The van der Waals surface area contributed by atoms with Crippen LogP contribution in [-0.4, -0.2) is 48.5 Å². The number of esters is 1. The molecule has 0 spiro atoms. The minimum Gasteiger partial charge on any atom is -0.462 e. The molecule has 0 bridgehead atoms. The van der Waals surface area contributed by atoms with Crippen LogP contribution in [0.15, 0.2) is 80.8 Å². The molecule has 1 fully saturated rings. The number of benzene rings is 2. The number of nitrogens with one attached hydrogen (secondary N) is 1. The second-order valence-corrected chi connectivity index (χ2v) is 14.7. The summed E-state index contributed by atoms with van der Waals surface area (Å²) in [5, 5.41) is 9.20. The summed E-state index contributed by atoms with van der Waals surface area (Å²) < 4.78 is 29.4. The van der Waals surface area contributed by atoms with E-state index in [1.807, 2.05) is 17.5 Å². The summed E-state index contributed by atoms with van der Waals surface area (Å²) in [6.07, 6.45) is 0. The second kappa shape index (κ2) is 12.0. The third kappa shape index (κ3) is 5.75. The Balaban J connectivity index is 1.31. The number of carbonyl (C=O) groups is 4. The molecule has 0 unspecified atom stereocenters. The van der Waals surface area contributed by atoms with E-state index in [2.05, 4.69) is 5.32 Å². The van der Waals surface area contributed by atoms with Crippen LogP contribution >= 0.6 is 34.4 Å². The van der Waals surface area contributed by atoms with Gasteiger partial charge in [-0.05, 0) is 66.9 Å². The Morgan fingerprint density at radius 1 is 1.00 bits per heavy atom. The van der Waals surface area contributed by atoms with E-state index in [1.165, 1.54) is 64.4 Å². The van der Waals surface area contributed by atoms with Crippen LogP contribution in [0.4, 0.5) is 11.4 Å². The van der Waals surface area contributed by atoms with Crippen LogP contribution in [0, 0.1) is 5.92 Å². The minimum absolute atomic E-state index is 0.117. The molecule has 4 aromatic rings. The second-order valence-electron chi connectivity index (χ2n) is 10.1. The normalized spacial score (nSPS) is 19.2. The van der Waals surface area contributed by atoms with Gasteiger partial charge in [-0.1, -0.05) is 29.2 Å². The molecule has 3 amide bonds. The summed E-state index contributed by atoms with van der Waals surface area (Å²) in [6.45, 7) is 1.53.